The Bertz CT molecular complexity index is 1540. The maximum atomic E-state index is 13.2. The number of nitrogens with one attached hydrogen (secondary N) is 1. The fourth-order valence-corrected chi connectivity index (χ4v) is 4.59. The molecule has 0 saturated carbocycles. The van der Waals surface area contributed by atoms with Crippen molar-refractivity contribution in [1.29, 1.82) is 0 Å². The molecule has 0 aliphatic heterocycles. The molecule has 0 spiro atoms. The van der Waals surface area contributed by atoms with Gasteiger partial charge in [0, 0.05) is 28.9 Å². The number of nitro groups is 1. The normalized spacial score (nSPS) is 11.8. The number of anilines is 1. The van der Waals surface area contributed by atoms with Gasteiger partial charge < -0.3 is 4.74 Å². The van der Waals surface area contributed by atoms with Gasteiger partial charge in [0.15, 0.2) is 6.10 Å². The topological polar surface area (TPSA) is 133 Å². The Kier molecular flexibility index (Phi) is 7.40. The molecule has 4 aromatic rings. The molecule has 0 radical (unpaired) electrons. The second-order valence-electron chi connectivity index (χ2n) is 7.86. The summed E-state index contributed by atoms with van der Waals surface area (Å²) in [6.07, 6.45) is -1.24. The minimum Gasteiger partial charge on any atom is -0.445 e. The Labute approximate surface area is 212 Å². The van der Waals surface area contributed by atoms with E-state index in [1.54, 1.807) is 60.7 Å². The molecule has 10 heteroatoms. The first kappa shape index (κ1) is 25.3. The van der Waals surface area contributed by atoms with Gasteiger partial charge in [-0.2, -0.15) is 0 Å². The van der Waals surface area contributed by atoms with Gasteiger partial charge in [0.1, 0.15) is 0 Å². The summed E-state index contributed by atoms with van der Waals surface area (Å²) < 4.78 is 33.7. The summed E-state index contributed by atoms with van der Waals surface area (Å²) in [5, 5.41) is 10.8. The molecule has 0 amide bonds. The van der Waals surface area contributed by atoms with E-state index in [0.29, 0.717) is 11.1 Å². The first-order valence-corrected chi connectivity index (χ1v) is 12.5. The Balaban J connectivity index is 1.58. The van der Waals surface area contributed by atoms with Gasteiger partial charge in [-0.1, -0.05) is 66.7 Å². The first-order chi connectivity index (χ1) is 17.7. The zero-order valence-electron chi connectivity index (χ0n) is 19.2. The number of ether oxygens (including phenoxy) is 1. The minimum atomic E-state index is -4.14. The molecule has 0 saturated heterocycles. The number of ketones is 1. The minimum absolute atomic E-state index is 0.0756. The van der Waals surface area contributed by atoms with Gasteiger partial charge in [-0.05, 0) is 30.3 Å². The van der Waals surface area contributed by atoms with Crippen molar-refractivity contribution in [3.05, 3.63) is 136 Å². The highest BCUT2D eigenvalue weighted by atomic mass is 32.2. The summed E-state index contributed by atoms with van der Waals surface area (Å²) in [6.45, 7) is 0. The lowest BCUT2D eigenvalue weighted by Crippen LogP contribution is -2.21. The Morgan fingerprint density at radius 2 is 1.38 bits per heavy atom. The highest BCUT2D eigenvalue weighted by Gasteiger charge is 2.27. The number of benzene rings is 4. The summed E-state index contributed by atoms with van der Waals surface area (Å²) in [6, 6.07) is 26.9. The van der Waals surface area contributed by atoms with Crippen LogP contribution in [0.1, 0.15) is 32.4 Å². The predicted molar refractivity (Wildman–Crippen MR) is 136 cm³/mol. The van der Waals surface area contributed by atoms with Crippen LogP contribution >= 0.6 is 0 Å². The fourth-order valence-electron chi connectivity index (χ4n) is 3.49. The van der Waals surface area contributed by atoms with Crippen molar-refractivity contribution in [3.63, 3.8) is 0 Å². The van der Waals surface area contributed by atoms with Crippen LogP contribution in [-0.4, -0.2) is 25.1 Å². The Morgan fingerprint density at radius 1 is 0.784 bits per heavy atom. The summed E-state index contributed by atoms with van der Waals surface area (Å²) >= 11 is 0. The Morgan fingerprint density at radius 3 is 2.00 bits per heavy atom. The predicted octanol–water partition coefficient (Wildman–Crippen LogP) is 5.18. The smallest absolute Gasteiger partial charge is 0.339 e. The third-order valence-electron chi connectivity index (χ3n) is 5.33. The van der Waals surface area contributed by atoms with E-state index in [9.17, 15) is 28.1 Å². The van der Waals surface area contributed by atoms with E-state index < -0.39 is 32.8 Å². The molecule has 4 rings (SSSR count). The number of non-ortho nitro benzene ring substituents is 1. The molecule has 37 heavy (non-hydrogen) atoms. The number of Topliss-reactive ketones (excluding diaryl/α,β-unsaturated/α-hetero) is 1. The van der Waals surface area contributed by atoms with Gasteiger partial charge in [0.2, 0.25) is 5.78 Å². The van der Waals surface area contributed by atoms with E-state index in [4.69, 9.17) is 4.74 Å². The molecule has 0 bridgehead atoms. The molecule has 1 atom stereocenters. The molecule has 4 aromatic carbocycles. The van der Waals surface area contributed by atoms with Crippen molar-refractivity contribution >= 4 is 33.2 Å². The fraction of sp³-hybridized carbons (Fsp3) is 0.0370. The van der Waals surface area contributed by atoms with Crippen molar-refractivity contribution in [2.24, 2.45) is 0 Å². The van der Waals surface area contributed by atoms with E-state index in [-0.39, 0.29) is 21.8 Å². The van der Waals surface area contributed by atoms with Gasteiger partial charge in [-0.3, -0.25) is 19.6 Å². The van der Waals surface area contributed by atoms with Gasteiger partial charge >= 0.3 is 5.97 Å². The Hall–Kier alpha value is -4.83. The van der Waals surface area contributed by atoms with E-state index >= 15 is 0 Å². The van der Waals surface area contributed by atoms with E-state index in [1.807, 2.05) is 0 Å². The van der Waals surface area contributed by atoms with Gasteiger partial charge in [0.05, 0.1) is 15.4 Å². The van der Waals surface area contributed by atoms with Crippen LogP contribution in [0, 0.1) is 10.1 Å². The molecule has 1 unspecified atom stereocenters. The van der Waals surface area contributed by atoms with Crippen LogP contribution in [0.4, 0.5) is 11.4 Å². The molecule has 1 N–H and O–H groups in total. The lowest BCUT2D eigenvalue weighted by atomic mass is 10.00. The van der Waals surface area contributed by atoms with E-state index in [0.717, 1.165) is 6.07 Å². The van der Waals surface area contributed by atoms with Crippen LogP contribution in [0.3, 0.4) is 0 Å². The number of carbonyl (C=O) groups excluding carboxylic acids is 2. The largest absolute Gasteiger partial charge is 0.445 e. The second-order valence-corrected chi connectivity index (χ2v) is 9.55. The number of sulfonamides is 1. The summed E-state index contributed by atoms with van der Waals surface area (Å²) in [5.41, 5.74) is 0.663. The molecule has 0 heterocycles. The van der Waals surface area contributed by atoms with Crippen LogP contribution in [0.25, 0.3) is 0 Å². The molecule has 9 nitrogen and oxygen atoms in total. The SMILES string of the molecule is O=C(OC(C(=O)c1ccccc1)c1ccccc1)c1cccc(S(=O)(=O)Nc2ccc([N+](=O)[O-])cc2)c1. The highest BCUT2D eigenvalue weighted by molar-refractivity contribution is 7.92. The molecular weight excluding hydrogens is 496 g/mol. The first-order valence-electron chi connectivity index (χ1n) is 11.0. The number of carbonyl (C=O) groups is 2. The van der Waals surface area contributed by atoms with E-state index in [2.05, 4.69) is 4.72 Å². The average molecular weight is 517 g/mol. The van der Waals surface area contributed by atoms with Crippen LogP contribution < -0.4 is 4.72 Å². The molecular formula is C27H20N2O7S. The van der Waals surface area contributed by atoms with Crippen molar-refractivity contribution in [1.82, 2.24) is 0 Å². The maximum Gasteiger partial charge on any atom is 0.339 e. The summed E-state index contributed by atoms with van der Waals surface area (Å²) in [4.78, 5) is 36.2. The van der Waals surface area contributed by atoms with Crippen molar-refractivity contribution in [2.45, 2.75) is 11.0 Å². The lowest BCUT2D eigenvalue weighted by molar-refractivity contribution is -0.384. The highest BCUT2D eigenvalue weighted by Crippen LogP contribution is 2.25. The lowest BCUT2D eigenvalue weighted by Gasteiger charge is -2.18. The van der Waals surface area contributed by atoms with Crippen molar-refractivity contribution in [3.8, 4) is 0 Å². The summed E-state index contributed by atoms with van der Waals surface area (Å²) in [7, 11) is -4.14. The number of hydrogen-bond donors (Lipinski definition) is 1. The van der Waals surface area contributed by atoms with Crippen LogP contribution in [0.5, 0.6) is 0 Å². The molecule has 0 aromatic heterocycles. The van der Waals surface area contributed by atoms with Gasteiger partial charge in [-0.25, -0.2) is 13.2 Å². The third-order valence-corrected chi connectivity index (χ3v) is 6.71. The number of rotatable bonds is 9. The molecule has 0 aliphatic carbocycles. The average Bonchev–Trinajstić information content (AvgIpc) is 2.92. The van der Waals surface area contributed by atoms with E-state index in [1.165, 1.54) is 42.5 Å². The van der Waals surface area contributed by atoms with Crippen molar-refractivity contribution < 1.29 is 27.7 Å². The third kappa shape index (κ3) is 6.06. The van der Waals surface area contributed by atoms with Crippen LogP contribution in [0.15, 0.2) is 114 Å². The van der Waals surface area contributed by atoms with Crippen LogP contribution in [-0.2, 0) is 14.8 Å². The monoisotopic (exact) mass is 516 g/mol. The zero-order valence-corrected chi connectivity index (χ0v) is 20.0. The number of nitrogens with zero attached hydrogens (tertiary/aromatic N) is 1. The second kappa shape index (κ2) is 10.8. The quantitative estimate of drug-likeness (QED) is 0.140. The van der Waals surface area contributed by atoms with Crippen molar-refractivity contribution in [2.75, 3.05) is 4.72 Å². The maximum absolute atomic E-state index is 13.2. The molecule has 186 valence electrons. The molecule has 0 aliphatic rings. The van der Waals surface area contributed by atoms with Gasteiger partial charge in [0.25, 0.3) is 15.7 Å². The number of esters is 1. The molecule has 0 fully saturated rings. The number of hydrogen-bond acceptors (Lipinski definition) is 7. The van der Waals surface area contributed by atoms with Gasteiger partial charge in [-0.15, -0.1) is 0 Å². The standard InChI is InChI=1S/C27H20N2O7S/c30-25(19-8-3-1-4-9-19)26(20-10-5-2-6-11-20)36-27(31)21-12-7-13-24(18-21)37(34,35)28-22-14-16-23(17-15-22)29(32)33/h1-18,26,28H. The zero-order chi connectivity index (χ0) is 26.4. The summed E-state index contributed by atoms with van der Waals surface area (Å²) in [5.74, 6) is -1.31. The number of nitro benzene ring substituents is 1. The van der Waals surface area contributed by atoms with Crippen LogP contribution in [0.2, 0.25) is 0 Å².